The van der Waals surface area contributed by atoms with Crippen LogP contribution < -0.4 is 5.32 Å². The maximum atomic E-state index is 6.18. The van der Waals surface area contributed by atoms with Crippen molar-refractivity contribution in [2.24, 2.45) is 0 Å². The Labute approximate surface area is 119 Å². The molecule has 1 saturated carbocycles. The molecule has 3 nitrogen and oxygen atoms in total. The molecule has 0 aliphatic heterocycles. The summed E-state index contributed by atoms with van der Waals surface area (Å²) in [7, 11) is 0. The molecule has 5 heteroatoms. The number of halogens is 2. The normalized spacial score (nSPS) is 15.0. The summed E-state index contributed by atoms with van der Waals surface area (Å²) in [4.78, 5) is 4.26. The summed E-state index contributed by atoms with van der Waals surface area (Å²) in [6.45, 7) is 0.679. The lowest BCUT2D eigenvalue weighted by Gasteiger charge is -2.01. The molecule has 2 aromatic rings. The first kappa shape index (κ1) is 12.2. The van der Waals surface area contributed by atoms with Crippen molar-refractivity contribution in [2.45, 2.75) is 25.4 Å². The third kappa shape index (κ3) is 2.76. The SMILES string of the molecule is Clc1cc(Br)ccc1-c1cnc(CNC2CC2)o1. The van der Waals surface area contributed by atoms with E-state index in [0.29, 0.717) is 29.3 Å². The molecule has 1 heterocycles. The lowest BCUT2D eigenvalue weighted by Crippen LogP contribution is -2.15. The summed E-state index contributed by atoms with van der Waals surface area (Å²) in [5, 5.41) is 4.02. The lowest BCUT2D eigenvalue weighted by molar-refractivity contribution is 0.477. The van der Waals surface area contributed by atoms with E-state index in [-0.39, 0.29) is 0 Å². The summed E-state index contributed by atoms with van der Waals surface area (Å²) < 4.78 is 6.65. The van der Waals surface area contributed by atoms with Crippen LogP contribution in [0.2, 0.25) is 5.02 Å². The van der Waals surface area contributed by atoms with Gasteiger partial charge in [-0.25, -0.2) is 4.98 Å². The third-order valence-corrected chi connectivity index (χ3v) is 3.68. The number of hydrogen-bond acceptors (Lipinski definition) is 3. The highest BCUT2D eigenvalue weighted by atomic mass is 79.9. The average Bonchev–Trinajstić information content (AvgIpc) is 3.05. The topological polar surface area (TPSA) is 38.1 Å². The largest absolute Gasteiger partial charge is 0.439 e. The Morgan fingerprint density at radius 2 is 2.28 bits per heavy atom. The van der Waals surface area contributed by atoms with Crippen LogP contribution in [0.5, 0.6) is 0 Å². The lowest BCUT2D eigenvalue weighted by atomic mass is 10.2. The van der Waals surface area contributed by atoms with Gasteiger partial charge in [0.25, 0.3) is 0 Å². The zero-order valence-corrected chi connectivity index (χ0v) is 12.0. The summed E-state index contributed by atoms with van der Waals surface area (Å²) in [6.07, 6.45) is 4.23. The molecule has 1 N–H and O–H groups in total. The van der Waals surface area contributed by atoms with E-state index in [1.165, 1.54) is 12.8 Å². The second-order valence-electron chi connectivity index (χ2n) is 4.40. The van der Waals surface area contributed by atoms with Crippen LogP contribution in [0.15, 0.2) is 33.3 Å². The molecule has 1 aliphatic rings. The molecule has 1 fully saturated rings. The Morgan fingerprint density at radius 3 is 3.00 bits per heavy atom. The van der Waals surface area contributed by atoms with Crippen molar-refractivity contribution in [3.05, 3.63) is 39.8 Å². The highest BCUT2D eigenvalue weighted by Gasteiger charge is 2.21. The number of benzene rings is 1. The van der Waals surface area contributed by atoms with Crippen molar-refractivity contribution in [1.82, 2.24) is 10.3 Å². The molecule has 1 aromatic carbocycles. The van der Waals surface area contributed by atoms with Gasteiger partial charge >= 0.3 is 0 Å². The Morgan fingerprint density at radius 1 is 1.44 bits per heavy atom. The number of oxazole rings is 1. The maximum absolute atomic E-state index is 6.18. The Hall–Kier alpha value is -0.840. The molecule has 0 amide bonds. The van der Waals surface area contributed by atoms with Crippen molar-refractivity contribution >= 4 is 27.5 Å². The molecule has 0 spiro atoms. The van der Waals surface area contributed by atoms with Crippen molar-refractivity contribution in [3.8, 4) is 11.3 Å². The van der Waals surface area contributed by atoms with Crippen LogP contribution in [0, 0.1) is 0 Å². The minimum atomic E-state index is 0.650. The first-order valence-electron chi connectivity index (χ1n) is 5.86. The fraction of sp³-hybridized carbons (Fsp3) is 0.308. The number of nitrogens with zero attached hydrogens (tertiary/aromatic N) is 1. The number of nitrogens with one attached hydrogen (secondary N) is 1. The molecule has 0 bridgehead atoms. The van der Waals surface area contributed by atoms with Gasteiger partial charge in [0.1, 0.15) is 0 Å². The van der Waals surface area contributed by atoms with E-state index in [9.17, 15) is 0 Å². The summed E-state index contributed by atoms with van der Waals surface area (Å²) in [5.41, 5.74) is 0.866. The van der Waals surface area contributed by atoms with Gasteiger partial charge in [0.15, 0.2) is 5.76 Å². The van der Waals surface area contributed by atoms with Crippen LogP contribution >= 0.6 is 27.5 Å². The van der Waals surface area contributed by atoms with E-state index in [4.69, 9.17) is 16.0 Å². The van der Waals surface area contributed by atoms with E-state index in [0.717, 1.165) is 10.0 Å². The predicted octanol–water partition coefficient (Wildman–Crippen LogP) is 4.01. The van der Waals surface area contributed by atoms with Gasteiger partial charge in [-0.3, -0.25) is 0 Å². The van der Waals surface area contributed by atoms with Crippen molar-refractivity contribution in [1.29, 1.82) is 0 Å². The molecule has 0 saturated heterocycles. The maximum Gasteiger partial charge on any atom is 0.208 e. The fourth-order valence-electron chi connectivity index (χ4n) is 1.72. The smallest absolute Gasteiger partial charge is 0.208 e. The molecule has 1 aromatic heterocycles. The standard InChI is InChI=1S/C13H12BrClN2O/c14-8-1-4-10(11(15)5-8)12-6-17-13(18-12)7-16-9-2-3-9/h1,4-6,9,16H,2-3,7H2. The van der Waals surface area contributed by atoms with Crippen molar-refractivity contribution in [3.63, 3.8) is 0 Å². The highest BCUT2D eigenvalue weighted by molar-refractivity contribution is 9.10. The molecule has 0 atom stereocenters. The molecular formula is C13H12BrClN2O. The number of hydrogen-bond donors (Lipinski definition) is 1. The Kier molecular flexibility index (Phi) is 3.41. The minimum Gasteiger partial charge on any atom is -0.439 e. The predicted molar refractivity (Wildman–Crippen MR) is 74.5 cm³/mol. The van der Waals surface area contributed by atoms with E-state index in [2.05, 4.69) is 26.2 Å². The van der Waals surface area contributed by atoms with Crippen LogP contribution in [0.4, 0.5) is 0 Å². The third-order valence-electron chi connectivity index (χ3n) is 2.87. The molecule has 0 radical (unpaired) electrons. The molecular weight excluding hydrogens is 316 g/mol. The zero-order chi connectivity index (χ0) is 12.5. The van der Waals surface area contributed by atoms with Crippen LogP contribution in [-0.2, 0) is 6.54 Å². The summed E-state index contributed by atoms with van der Waals surface area (Å²) in [5.74, 6) is 1.41. The molecule has 94 valence electrons. The summed E-state index contributed by atoms with van der Waals surface area (Å²) >= 11 is 9.56. The molecule has 0 unspecified atom stereocenters. The quantitative estimate of drug-likeness (QED) is 0.922. The Balaban J connectivity index is 1.78. The average molecular weight is 328 g/mol. The molecule has 18 heavy (non-hydrogen) atoms. The molecule has 1 aliphatic carbocycles. The number of rotatable bonds is 4. The van der Waals surface area contributed by atoms with E-state index in [1.807, 2.05) is 18.2 Å². The van der Waals surface area contributed by atoms with Crippen LogP contribution in [0.1, 0.15) is 18.7 Å². The minimum absolute atomic E-state index is 0.650. The first-order chi connectivity index (χ1) is 8.72. The Bertz CT molecular complexity index is 566. The van der Waals surface area contributed by atoms with Gasteiger partial charge in [-0.05, 0) is 31.0 Å². The van der Waals surface area contributed by atoms with Crippen molar-refractivity contribution < 1.29 is 4.42 Å². The van der Waals surface area contributed by atoms with E-state index < -0.39 is 0 Å². The number of aromatic nitrogens is 1. The monoisotopic (exact) mass is 326 g/mol. The van der Waals surface area contributed by atoms with E-state index in [1.54, 1.807) is 6.20 Å². The van der Waals surface area contributed by atoms with Crippen LogP contribution in [-0.4, -0.2) is 11.0 Å². The van der Waals surface area contributed by atoms with Gasteiger partial charge < -0.3 is 9.73 Å². The summed E-state index contributed by atoms with van der Waals surface area (Å²) in [6, 6.07) is 6.36. The second-order valence-corrected chi connectivity index (χ2v) is 5.72. The van der Waals surface area contributed by atoms with Gasteiger partial charge in [0, 0.05) is 16.1 Å². The second kappa shape index (κ2) is 5.03. The van der Waals surface area contributed by atoms with Gasteiger partial charge in [0.05, 0.1) is 17.8 Å². The zero-order valence-electron chi connectivity index (χ0n) is 9.62. The van der Waals surface area contributed by atoms with Crippen molar-refractivity contribution in [2.75, 3.05) is 0 Å². The molecule has 3 rings (SSSR count). The van der Waals surface area contributed by atoms with Crippen LogP contribution in [0.3, 0.4) is 0 Å². The van der Waals surface area contributed by atoms with Gasteiger partial charge in [-0.1, -0.05) is 27.5 Å². The fourth-order valence-corrected chi connectivity index (χ4v) is 2.49. The van der Waals surface area contributed by atoms with Gasteiger partial charge in [-0.15, -0.1) is 0 Å². The van der Waals surface area contributed by atoms with Gasteiger partial charge in [0.2, 0.25) is 5.89 Å². The first-order valence-corrected chi connectivity index (χ1v) is 7.03. The van der Waals surface area contributed by atoms with Gasteiger partial charge in [-0.2, -0.15) is 0 Å². The van der Waals surface area contributed by atoms with Crippen LogP contribution in [0.25, 0.3) is 11.3 Å². The highest BCUT2D eigenvalue weighted by Crippen LogP contribution is 2.31. The van der Waals surface area contributed by atoms with E-state index >= 15 is 0 Å².